The van der Waals surface area contributed by atoms with Crippen LogP contribution in [0.1, 0.15) is 10.5 Å². The highest BCUT2D eigenvalue weighted by Crippen LogP contribution is 2.24. The van der Waals surface area contributed by atoms with Crippen LogP contribution in [-0.4, -0.2) is 25.7 Å². The first kappa shape index (κ1) is 16.1. The van der Waals surface area contributed by atoms with Crippen LogP contribution in [0.4, 0.5) is 5.13 Å². The Labute approximate surface area is 152 Å². The summed E-state index contributed by atoms with van der Waals surface area (Å²) in [6.07, 6.45) is 3.40. The number of hydrogen-bond acceptors (Lipinski definition) is 6. The van der Waals surface area contributed by atoms with E-state index in [1.54, 1.807) is 36.7 Å². The van der Waals surface area contributed by atoms with Crippen molar-refractivity contribution >= 4 is 33.1 Å². The van der Waals surface area contributed by atoms with E-state index in [-0.39, 0.29) is 11.3 Å². The minimum atomic E-state index is -0.413. The van der Waals surface area contributed by atoms with Crippen molar-refractivity contribution in [1.29, 1.82) is 0 Å². The molecule has 0 aliphatic carbocycles. The van der Waals surface area contributed by atoms with Gasteiger partial charge in [-0.2, -0.15) is 5.10 Å². The Morgan fingerprint density at radius 3 is 2.73 bits per heavy atom. The number of pyridine rings is 1. The third kappa shape index (κ3) is 2.86. The number of nitrogens with one attached hydrogen (secondary N) is 1. The molecular formula is C18H13N5O2S. The van der Waals surface area contributed by atoms with Crippen molar-refractivity contribution in [1.82, 2.24) is 19.7 Å². The van der Waals surface area contributed by atoms with Crippen LogP contribution >= 0.6 is 11.3 Å². The second-order valence-electron chi connectivity index (χ2n) is 5.56. The smallest absolute Gasteiger partial charge is 0.278 e. The predicted octanol–water partition coefficient (Wildman–Crippen LogP) is 2.70. The maximum atomic E-state index is 12.7. The number of rotatable bonds is 3. The molecule has 0 unspecified atom stereocenters. The number of amides is 1. The van der Waals surface area contributed by atoms with E-state index in [1.807, 2.05) is 17.5 Å². The molecule has 3 aromatic heterocycles. The quantitative estimate of drug-likeness (QED) is 0.604. The van der Waals surface area contributed by atoms with Crippen molar-refractivity contribution in [2.75, 3.05) is 5.32 Å². The Bertz CT molecular complexity index is 1170. The van der Waals surface area contributed by atoms with E-state index in [0.29, 0.717) is 15.9 Å². The van der Waals surface area contributed by atoms with Crippen molar-refractivity contribution in [3.63, 3.8) is 0 Å². The molecule has 0 aliphatic heterocycles. The average Bonchev–Trinajstić information content (AvgIpc) is 3.14. The molecule has 1 amide bonds. The van der Waals surface area contributed by atoms with Gasteiger partial charge in [0.1, 0.15) is 0 Å². The Balaban J connectivity index is 1.68. The lowest BCUT2D eigenvalue weighted by atomic mass is 10.1. The van der Waals surface area contributed by atoms with Crippen molar-refractivity contribution < 1.29 is 4.79 Å². The fraction of sp³-hybridized carbons (Fsp3) is 0.0556. The monoisotopic (exact) mass is 363 g/mol. The van der Waals surface area contributed by atoms with Crippen LogP contribution in [0.2, 0.25) is 0 Å². The number of nitrogens with zero attached hydrogens (tertiary/aromatic N) is 4. The molecule has 4 aromatic rings. The lowest BCUT2D eigenvalue weighted by molar-refractivity contribution is 0.102. The van der Waals surface area contributed by atoms with Gasteiger partial charge in [0.15, 0.2) is 10.8 Å². The lowest BCUT2D eigenvalue weighted by Gasteiger charge is -2.07. The highest BCUT2D eigenvalue weighted by molar-refractivity contribution is 7.14. The molecule has 26 heavy (non-hydrogen) atoms. The summed E-state index contributed by atoms with van der Waals surface area (Å²) in [7, 11) is 1.52. The number of aromatic nitrogens is 4. The number of thiazole rings is 1. The minimum absolute atomic E-state index is 0.181. The molecule has 0 spiro atoms. The molecule has 1 aromatic carbocycles. The number of anilines is 1. The molecule has 8 heteroatoms. The summed E-state index contributed by atoms with van der Waals surface area (Å²) in [5.74, 6) is -0.413. The van der Waals surface area contributed by atoms with Gasteiger partial charge in [-0.05, 0) is 18.2 Å². The van der Waals surface area contributed by atoms with Gasteiger partial charge in [-0.15, -0.1) is 11.3 Å². The number of hydrogen-bond donors (Lipinski definition) is 1. The highest BCUT2D eigenvalue weighted by atomic mass is 32.1. The topological polar surface area (TPSA) is 89.8 Å². The van der Waals surface area contributed by atoms with Gasteiger partial charge in [0.25, 0.3) is 11.5 Å². The van der Waals surface area contributed by atoms with Gasteiger partial charge < -0.3 is 0 Å². The fourth-order valence-corrected chi connectivity index (χ4v) is 3.32. The van der Waals surface area contributed by atoms with Crippen LogP contribution in [0.5, 0.6) is 0 Å². The average molecular weight is 363 g/mol. The summed E-state index contributed by atoms with van der Waals surface area (Å²) in [5, 5.41) is 10.1. The molecule has 0 saturated heterocycles. The van der Waals surface area contributed by atoms with E-state index in [9.17, 15) is 9.59 Å². The van der Waals surface area contributed by atoms with Crippen molar-refractivity contribution in [3.8, 4) is 11.3 Å². The summed E-state index contributed by atoms with van der Waals surface area (Å²) < 4.78 is 1.17. The lowest BCUT2D eigenvalue weighted by Crippen LogP contribution is -2.25. The molecule has 0 saturated carbocycles. The van der Waals surface area contributed by atoms with E-state index in [0.717, 1.165) is 11.3 Å². The number of aryl methyl sites for hydroxylation is 1. The van der Waals surface area contributed by atoms with Crippen LogP contribution in [0.15, 0.2) is 59.0 Å². The van der Waals surface area contributed by atoms with E-state index in [2.05, 4.69) is 20.4 Å². The molecular weight excluding hydrogens is 350 g/mol. The molecule has 0 bridgehead atoms. The summed E-state index contributed by atoms with van der Waals surface area (Å²) in [4.78, 5) is 33.4. The number of carbonyl (C=O) groups excluding carboxylic acids is 1. The summed E-state index contributed by atoms with van der Waals surface area (Å²) in [5.41, 5.74) is 1.54. The second kappa shape index (κ2) is 6.49. The molecule has 3 heterocycles. The molecule has 7 nitrogen and oxygen atoms in total. The van der Waals surface area contributed by atoms with Gasteiger partial charge in [0, 0.05) is 35.8 Å². The van der Waals surface area contributed by atoms with Crippen LogP contribution in [0.3, 0.4) is 0 Å². The normalized spacial score (nSPS) is 10.8. The molecule has 0 aliphatic rings. The maximum absolute atomic E-state index is 12.7. The first-order valence-electron chi connectivity index (χ1n) is 7.77. The van der Waals surface area contributed by atoms with Crippen molar-refractivity contribution in [3.05, 3.63) is 70.2 Å². The van der Waals surface area contributed by atoms with Gasteiger partial charge in [-0.3, -0.25) is 19.9 Å². The van der Waals surface area contributed by atoms with E-state index >= 15 is 0 Å². The molecule has 0 radical (unpaired) electrons. The van der Waals surface area contributed by atoms with Crippen LogP contribution < -0.4 is 10.9 Å². The van der Waals surface area contributed by atoms with E-state index < -0.39 is 5.91 Å². The fourth-order valence-electron chi connectivity index (χ4n) is 2.60. The van der Waals surface area contributed by atoms with Crippen LogP contribution in [-0.2, 0) is 7.05 Å². The zero-order chi connectivity index (χ0) is 18.1. The first-order chi connectivity index (χ1) is 12.6. The SMILES string of the molecule is Cn1nc(C(=O)Nc2nc(-c3cccnc3)cs2)c2ccccc2c1=O. The zero-order valence-corrected chi connectivity index (χ0v) is 14.5. The van der Waals surface area contributed by atoms with Gasteiger partial charge >= 0.3 is 0 Å². The summed E-state index contributed by atoms with van der Waals surface area (Å²) >= 11 is 1.31. The zero-order valence-electron chi connectivity index (χ0n) is 13.7. The van der Waals surface area contributed by atoms with Gasteiger partial charge in [-0.1, -0.05) is 18.2 Å². The van der Waals surface area contributed by atoms with Gasteiger partial charge in [-0.25, -0.2) is 9.67 Å². The largest absolute Gasteiger partial charge is 0.296 e. The van der Waals surface area contributed by atoms with Gasteiger partial charge in [0.05, 0.1) is 11.1 Å². The Morgan fingerprint density at radius 2 is 1.96 bits per heavy atom. The summed E-state index contributed by atoms with van der Waals surface area (Å²) in [6.45, 7) is 0. The molecule has 128 valence electrons. The molecule has 4 rings (SSSR count). The number of fused-ring (bicyclic) bond motifs is 1. The maximum Gasteiger partial charge on any atom is 0.278 e. The standard InChI is InChI=1S/C18H13N5O2S/c1-23-17(25)13-7-3-2-6-12(13)15(22-23)16(24)21-18-20-14(10-26-18)11-5-4-8-19-9-11/h2-10H,1H3,(H,20,21,24). The van der Waals surface area contributed by atoms with E-state index in [4.69, 9.17) is 0 Å². The Kier molecular flexibility index (Phi) is 4.02. The van der Waals surface area contributed by atoms with Crippen LogP contribution in [0, 0.1) is 0 Å². The number of carbonyl (C=O) groups is 1. The van der Waals surface area contributed by atoms with Crippen molar-refractivity contribution in [2.45, 2.75) is 0 Å². The first-order valence-corrected chi connectivity index (χ1v) is 8.65. The van der Waals surface area contributed by atoms with Crippen molar-refractivity contribution in [2.24, 2.45) is 7.05 Å². The summed E-state index contributed by atoms with van der Waals surface area (Å²) in [6, 6.07) is 10.6. The third-order valence-electron chi connectivity index (χ3n) is 3.85. The Hall–Kier alpha value is -3.39. The molecule has 1 N–H and O–H groups in total. The third-order valence-corrected chi connectivity index (χ3v) is 4.61. The second-order valence-corrected chi connectivity index (χ2v) is 6.41. The predicted molar refractivity (Wildman–Crippen MR) is 100 cm³/mol. The minimum Gasteiger partial charge on any atom is -0.296 e. The molecule has 0 atom stereocenters. The van der Waals surface area contributed by atoms with Gasteiger partial charge in [0.2, 0.25) is 0 Å². The Morgan fingerprint density at radius 1 is 1.15 bits per heavy atom. The van der Waals surface area contributed by atoms with E-state index in [1.165, 1.54) is 23.1 Å². The molecule has 0 fully saturated rings. The van der Waals surface area contributed by atoms with Crippen LogP contribution in [0.25, 0.3) is 22.0 Å². The highest BCUT2D eigenvalue weighted by Gasteiger charge is 2.17. The number of benzene rings is 1.